The molecule has 0 fully saturated rings. The van der Waals surface area contributed by atoms with E-state index in [1.54, 1.807) is 6.07 Å². The topological polar surface area (TPSA) is 57.1 Å². The first-order valence-electron chi connectivity index (χ1n) is 5.19. The molecule has 1 aromatic rings. The SMILES string of the molecule is CCOCCON=C(C(=O)OC)c1cccs1. The maximum Gasteiger partial charge on any atom is 0.361 e. The number of esters is 1. The van der Waals surface area contributed by atoms with Gasteiger partial charge in [0.1, 0.15) is 6.61 Å². The molecule has 0 spiro atoms. The fraction of sp³-hybridized carbons (Fsp3) is 0.455. The predicted octanol–water partition coefficient (Wildman–Crippen LogP) is 1.68. The monoisotopic (exact) mass is 257 g/mol. The standard InChI is InChI=1S/C11H15NO4S/c1-3-15-6-7-16-12-10(11(13)14-2)9-5-4-8-17-9/h4-5,8H,3,6-7H2,1-2H3. The molecule has 0 saturated carbocycles. The molecule has 0 unspecified atom stereocenters. The van der Waals surface area contributed by atoms with Gasteiger partial charge in [-0.3, -0.25) is 0 Å². The molecular formula is C11H15NO4S. The molecule has 1 aromatic heterocycles. The highest BCUT2D eigenvalue weighted by Gasteiger charge is 2.16. The summed E-state index contributed by atoms with van der Waals surface area (Å²) in [5, 5.41) is 5.64. The number of carbonyl (C=O) groups excluding carboxylic acids is 1. The molecule has 6 heteroatoms. The van der Waals surface area contributed by atoms with Crippen molar-refractivity contribution in [2.24, 2.45) is 5.16 Å². The Kier molecular flexibility index (Phi) is 6.27. The molecule has 0 bridgehead atoms. The van der Waals surface area contributed by atoms with E-state index in [-0.39, 0.29) is 5.71 Å². The number of hydrogen-bond acceptors (Lipinski definition) is 6. The van der Waals surface area contributed by atoms with Gasteiger partial charge >= 0.3 is 5.97 Å². The zero-order valence-electron chi connectivity index (χ0n) is 9.84. The van der Waals surface area contributed by atoms with Crippen molar-refractivity contribution >= 4 is 23.0 Å². The van der Waals surface area contributed by atoms with Gasteiger partial charge in [0.05, 0.1) is 18.6 Å². The lowest BCUT2D eigenvalue weighted by molar-refractivity contribution is -0.132. The molecule has 1 heterocycles. The summed E-state index contributed by atoms with van der Waals surface area (Å²) >= 11 is 1.40. The number of nitrogens with zero attached hydrogens (tertiary/aromatic N) is 1. The lowest BCUT2D eigenvalue weighted by Gasteiger charge is -2.03. The molecule has 94 valence electrons. The maximum atomic E-state index is 11.5. The van der Waals surface area contributed by atoms with E-state index in [1.807, 2.05) is 18.4 Å². The molecule has 0 atom stereocenters. The number of oxime groups is 1. The zero-order valence-corrected chi connectivity index (χ0v) is 10.7. The van der Waals surface area contributed by atoms with Gasteiger partial charge in [0.25, 0.3) is 0 Å². The average molecular weight is 257 g/mol. The van der Waals surface area contributed by atoms with Crippen molar-refractivity contribution in [3.05, 3.63) is 22.4 Å². The van der Waals surface area contributed by atoms with Crippen LogP contribution in [-0.4, -0.2) is 38.6 Å². The Bertz CT molecular complexity index is 362. The maximum absolute atomic E-state index is 11.5. The molecule has 5 nitrogen and oxygen atoms in total. The van der Waals surface area contributed by atoms with Gasteiger partial charge in [-0.15, -0.1) is 11.3 Å². The molecule has 0 aliphatic carbocycles. The van der Waals surface area contributed by atoms with Crippen LogP contribution in [0.25, 0.3) is 0 Å². The summed E-state index contributed by atoms with van der Waals surface area (Å²) in [6.45, 7) is 3.27. The van der Waals surface area contributed by atoms with E-state index in [9.17, 15) is 4.79 Å². The smallest absolute Gasteiger partial charge is 0.361 e. The largest absolute Gasteiger partial charge is 0.464 e. The van der Waals surface area contributed by atoms with Crippen LogP contribution >= 0.6 is 11.3 Å². The van der Waals surface area contributed by atoms with Crippen LogP contribution in [-0.2, 0) is 19.1 Å². The van der Waals surface area contributed by atoms with Gasteiger partial charge in [-0.25, -0.2) is 4.79 Å². The second-order valence-corrected chi connectivity index (χ2v) is 3.89. The second kappa shape index (κ2) is 7.81. The van der Waals surface area contributed by atoms with Crippen LogP contribution in [0.2, 0.25) is 0 Å². The molecule has 0 N–H and O–H groups in total. The predicted molar refractivity (Wildman–Crippen MR) is 65.3 cm³/mol. The minimum Gasteiger partial charge on any atom is -0.464 e. The molecule has 1 rings (SSSR count). The van der Waals surface area contributed by atoms with E-state index in [0.29, 0.717) is 24.7 Å². The molecular weight excluding hydrogens is 242 g/mol. The van der Waals surface area contributed by atoms with Crippen molar-refractivity contribution < 1.29 is 19.1 Å². The molecule has 0 aromatic carbocycles. The molecule has 0 aliphatic rings. The Morgan fingerprint density at radius 2 is 2.29 bits per heavy atom. The first-order valence-corrected chi connectivity index (χ1v) is 6.07. The van der Waals surface area contributed by atoms with Crippen molar-refractivity contribution in [1.29, 1.82) is 0 Å². The van der Waals surface area contributed by atoms with E-state index >= 15 is 0 Å². The summed E-state index contributed by atoms with van der Waals surface area (Å²) in [5.41, 5.74) is 0.180. The van der Waals surface area contributed by atoms with Gasteiger partial charge in [-0.1, -0.05) is 11.2 Å². The highest BCUT2D eigenvalue weighted by molar-refractivity contribution is 7.13. The van der Waals surface area contributed by atoms with Crippen LogP contribution in [0, 0.1) is 0 Å². The Balaban J connectivity index is 2.58. The highest BCUT2D eigenvalue weighted by atomic mass is 32.1. The van der Waals surface area contributed by atoms with Gasteiger partial charge in [0.2, 0.25) is 5.71 Å². The Hall–Kier alpha value is -1.40. The molecule has 0 saturated heterocycles. The highest BCUT2D eigenvalue weighted by Crippen LogP contribution is 2.11. The Morgan fingerprint density at radius 1 is 1.47 bits per heavy atom. The summed E-state index contributed by atoms with van der Waals surface area (Å²) in [4.78, 5) is 17.2. The molecule has 0 aliphatic heterocycles. The minimum absolute atomic E-state index is 0.180. The quantitative estimate of drug-likeness (QED) is 0.323. The van der Waals surface area contributed by atoms with Crippen molar-refractivity contribution in [1.82, 2.24) is 0 Å². The minimum atomic E-state index is -0.510. The van der Waals surface area contributed by atoms with Gasteiger partial charge < -0.3 is 14.3 Å². The third-order valence-electron chi connectivity index (χ3n) is 1.81. The van der Waals surface area contributed by atoms with Crippen LogP contribution in [0.1, 0.15) is 11.8 Å². The van der Waals surface area contributed by atoms with Gasteiger partial charge in [-0.2, -0.15) is 0 Å². The van der Waals surface area contributed by atoms with Gasteiger partial charge in [-0.05, 0) is 18.4 Å². The number of ether oxygens (including phenoxy) is 2. The summed E-state index contributed by atoms with van der Waals surface area (Å²) in [5.74, 6) is -0.510. The molecule has 0 radical (unpaired) electrons. The van der Waals surface area contributed by atoms with E-state index in [2.05, 4.69) is 9.89 Å². The fourth-order valence-corrected chi connectivity index (χ4v) is 1.74. The Morgan fingerprint density at radius 3 is 2.88 bits per heavy atom. The number of rotatable bonds is 7. The summed E-state index contributed by atoms with van der Waals surface area (Å²) in [6, 6.07) is 3.62. The number of hydrogen-bond donors (Lipinski definition) is 0. The van der Waals surface area contributed by atoms with Crippen LogP contribution in [0.4, 0.5) is 0 Å². The van der Waals surface area contributed by atoms with Crippen LogP contribution in [0.3, 0.4) is 0 Å². The third-order valence-corrected chi connectivity index (χ3v) is 2.69. The fourth-order valence-electron chi connectivity index (χ4n) is 1.04. The third kappa shape index (κ3) is 4.54. The summed E-state index contributed by atoms with van der Waals surface area (Å²) < 4.78 is 9.73. The van der Waals surface area contributed by atoms with Crippen LogP contribution in [0.5, 0.6) is 0 Å². The van der Waals surface area contributed by atoms with Crippen molar-refractivity contribution in [3.63, 3.8) is 0 Å². The lowest BCUT2D eigenvalue weighted by atomic mass is 10.3. The number of methoxy groups -OCH3 is 1. The second-order valence-electron chi connectivity index (χ2n) is 2.94. The zero-order chi connectivity index (χ0) is 12.5. The van der Waals surface area contributed by atoms with E-state index in [1.165, 1.54) is 18.4 Å². The van der Waals surface area contributed by atoms with E-state index < -0.39 is 5.97 Å². The Labute approximate surface area is 104 Å². The van der Waals surface area contributed by atoms with Crippen molar-refractivity contribution in [2.45, 2.75) is 6.92 Å². The van der Waals surface area contributed by atoms with E-state index in [0.717, 1.165) is 0 Å². The average Bonchev–Trinajstić information content (AvgIpc) is 2.86. The van der Waals surface area contributed by atoms with Crippen molar-refractivity contribution in [3.8, 4) is 0 Å². The van der Waals surface area contributed by atoms with Gasteiger partial charge in [0, 0.05) is 6.61 Å². The summed E-state index contributed by atoms with van der Waals surface area (Å²) in [7, 11) is 1.31. The lowest BCUT2D eigenvalue weighted by Crippen LogP contribution is -2.17. The van der Waals surface area contributed by atoms with Crippen LogP contribution < -0.4 is 0 Å². The number of thiophene rings is 1. The first-order chi connectivity index (χ1) is 8.29. The molecule has 0 amide bonds. The van der Waals surface area contributed by atoms with Gasteiger partial charge in [0.15, 0.2) is 0 Å². The molecule has 17 heavy (non-hydrogen) atoms. The summed E-state index contributed by atoms with van der Waals surface area (Å²) in [6.07, 6.45) is 0. The normalized spacial score (nSPS) is 11.3. The van der Waals surface area contributed by atoms with Crippen LogP contribution in [0.15, 0.2) is 22.7 Å². The van der Waals surface area contributed by atoms with Crippen molar-refractivity contribution in [2.75, 3.05) is 26.9 Å². The number of carbonyl (C=O) groups is 1. The van der Waals surface area contributed by atoms with E-state index in [4.69, 9.17) is 9.57 Å². The first kappa shape index (κ1) is 13.7.